The van der Waals surface area contributed by atoms with Gasteiger partial charge in [0.05, 0.1) is 12.0 Å². The zero-order valence-electron chi connectivity index (χ0n) is 7.32. The molecule has 1 rings (SSSR count). The number of aliphatic hydroxyl groups excluding tert-OH is 1. The molecule has 0 aromatic rings. The number of hydrogen-bond donors (Lipinski definition) is 3. The maximum absolute atomic E-state index is 10.4. The monoisotopic (exact) mass is 184 g/mol. The van der Waals surface area contributed by atoms with Gasteiger partial charge in [-0.2, -0.15) is 0 Å². The van der Waals surface area contributed by atoms with Crippen LogP contribution in [0.4, 0.5) is 0 Å². The molecule has 1 aliphatic carbocycles. The standard InChI is InChI=1S/C9H12O4/c1-9(13)3-2-7(10)4-6(9)5-8(11)12/h2,4,10,13H,3,5H2,1H3,(H,11,12). The molecule has 0 bridgehead atoms. The van der Waals surface area contributed by atoms with E-state index in [1.165, 1.54) is 19.1 Å². The number of aliphatic hydroxyl groups is 2. The Balaban J connectivity index is 2.88. The second-order valence-electron chi connectivity index (χ2n) is 3.35. The highest BCUT2D eigenvalue weighted by molar-refractivity contribution is 5.71. The first-order chi connectivity index (χ1) is 5.92. The second-order valence-corrected chi connectivity index (χ2v) is 3.35. The fraction of sp³-hybridized carbons (Fsp3) is 0.444. The average molecular weight is 184 g/mol. The molecule has 0 aliphatic heterocycles. The van der Waals surface area contributed by atoms with Crippen LogP contribution in [0.1, 0.15) is 19.8 Å². The molecular weight excluding hydrogens is 172 g/mol. The quantitative estimate of drug-likeness (QED) is 0.598. The molecule has 1 aliphatic rings. The van der Waals surface area contributed by atoms with Crippen LogP contribution in [-0.2, 0) is 4.79 Å². The Morgan fingerprint density at radius 1 is 1.69 bits per heavy atom. The third kappa shape index (κ3) is 2.32. The van der Waals surface area contributed by atoms with Gasteiger partial charge in [0, 0.05) is 6.42 Å². The Kier molecular flexibility index (Phi) is 2.43. The average Bonchev–Trinajstić information content (AvgIpc) is 1.97. The summed E-state index contributed by atoms with van der Waals surface area (Å²) in [6.45, 7) is 1.53. The van der Waals surface area contributed by atoms with E-state index in [1.54, 1.807) is 0 Å². The lowest BCUT2D eigenvalue weighted by Gasteiger charge is -2.27. The van der Waals surface area contributed by atoms with Gasteiger partial charge in [0.2, 0.25) is 0 Å². The minimum atomic E-state index is -1.15. The maximum atomic E-state index is 10.4. The summed E-state index contributed by atoms with van der Waals surface area (Å²) in [6.07, 6.45) is 2.77. The number of hydrogen-bond acceptors (Lipinski definition) is 3. The molecule has 0 saturated heterocycles. The summed E-state index contributed by atoms with van der Waals surface area (Å²) < 4.78 is 0. The fourth-order valence-electron chi connectivity index (χ4n) is 1.23. The van der Waals surface area contributed by atoms with E-state index in [1.807, 2.05) is 0 Å². The van der Waals surface area contributed by atoms with Crippen LogP contribution >= 0.6 is 0 Å². The highest BCUT2D eigenvalue weighted by Crippen LogP contribution is 2.29. The van der Waals surface area contributed by atoms with Crippen molar-refractivity contribution >= 4 is 5.97 Å². The van der Waals surface area contributed by atoms with Gasteiger partial charge in [0.15, 0.2) is 0 Å². The van der Waals surface area contributed by atoms with E-state index in [0.717, 1.165) is 0 Å². The van der Waals surface area contributed by atoms with Gasteiger partial charge < -0.3 is 15.3 Å². The minimum absolute atomic E-state index is 0.0165. The maximum Gasteiger partial charge on any atom is 0.307 e. The highest BCUT2D eigenvalue weighted by Gasteiger charge is 2.29. The molecule has 0 aromatic heterocycles. The summed E-state index contributed by atoms with van der Waals surface area (Å²) in [7, 11) is 0. The summed E-state index contributed by atoms with van der Waals surface area (Å²) in [6, 6.07) is 0. The third-order valence-electron chi connectivity index (χ3n) is 2.06. The van der Waals surface area contributed by atoms with Gasteiger partial charge in [0.1, 0.15) is 5.76 Å². The van der Waals surface area contributed by atoms with Gasteiger partial charge in [-0.05, 0) is 24.6 Å². The Hall–Kier alpha value is -1.29. The summed E-state index contributed by atoms with van der Waals surface area (Å²) in [5.74, 6) is -0.996. The van der Waals surface area contributed by atoms with E-state index in [9.17, 15) is 9.90 Å². The summed E-state index contributed by atoms with van der Waals surface area (Å²) in [5.41, 5.74) is -0.815. The van der Waals surface area contributed by atoms with Crippen molar-refractivity contribution < 1.29 is 20.1 Å². The Morgan fingerprint density at radius 3 is 2.85 bits per heavy atom. The fourth-order valence-corrected chi connectivity index (χ4v) is 1.23. The number of carboxylic acids is 1. The normalized spacial score (nSPS) is 27.8. The molecule has 0 heterocycles. The first-order valence-electron chi connectivity index (χ1n) is 3.96. The molecular formula is C9H12O4. The van der Waals surface area contributed by atoms with E-state index < -0.39 is 11.6 Å². The molecule has 1 atom stereocenters. The lowest BCUT2D eigenvalue weighted by Crippen LogP contribution is -2.29. The van der Waals surface area contributed by atoms with Crippen LogP contribution in [0, 0.1) is 0 Å². The minimum Gasteiger partial charge on any atom is -0.508 e. The largest absolute Gasteiger partial charge is 0.508 e. The van der Waals surface area contributed by atoms with Crippen molar-refractivity contribution in [3.05, 3.63) is 23.5 Å². The summed E-state index contributed by atoms with van der Waals surface area (Å²) >= 11 is 0. The molecule has 3 N–H and O–H groups in total. The SMILES string of the molecule is CC1(O)CC=C(O)C=C1CC(=O)O. The Bertz CT molecular complexity index is 286. The van der Waals surface area contributed by atoms with Crippen molar-refractivity contribution in [2.75, 3.05) is 0 Å². The molecule has 1 unspecified atom stereocenters. The lowest BCUT2D eigenvalue weighted by molar-refractivity contribution is -0.136. The van der Waals surface area contributed by atoms with E-state index >= 15 is 0 Å². The van der Waals surface area contributed by atoms with Gasteiger partial charge in [-0.25, -0.2) is 0 Å². The number of rotatable bonds is 2. The second kappa shape index (κ2) is 3.22. The summed E-state index contributed by atoms with van der Waals surface area (Å²) in [4.78, 5) is 10.4. The number of carboxylic acid groups (broad SMARTS) is 1. The topological polar surface area (TPSA) is 77.8 Å². The predicted molar refractivity (Wildman–Crippen MR) is 46.3 cm³/mol. The first kappa shape index (κ1) is 9.80. The van der Waals surface area contributed by atoms with Gasteiger partial charge in [-0.1, -0.05) is 0 Å². The molecule has 13 heavy (non-hydrogen) atoms. The van der Waals surface area contributed by atoms with Crippen LogP contribution in [0.5, 0.6) is 0 Å². The van der Waals surface area contributed by atoms with Crippen LogP contribution in [-0.4, -0.2) is 26.9 Å². The summed E-state index contributed by atoms with van der Waals surface area (Å²) in [5, 5.41) is 27.4. The van der Waals surface area contributed by atoms with Crippen LogP contribution in [0.25, 0.3) is 0 Å². The Morgan fingerprint density at radius 2 is 2.31 bits per heavy atom. The van der Waals surface area contributed by atoms with Crippen LogP contribution < -0.4 is 0 Å². The molecule has 72 valence electrons. The Labute approximate surface area is 75.8 Å². The highest BCUT2D eigenvalue weighted by atomic mass is 16.4. The van der Waals surface area contributed by atoms with Crippen molar-refractivity contribution in [3.63, 3.8) is 0 Å². The van der Waals surface area contributed by atoms with Crippen molar-refractivity contribution in [2.45, 2.75) is 25.4 Å². The van der Waals surface area contributed by atoms with Gasteiger partial charge in [0.25, 0.3) is 0 Å². The molecule has 4 heteroatoms. The molecule has 0 fully saturated rings. The molecule has 0 saturated carbocycles. The van der Waals surface area contributed by atoms with Gasteiger partial charge in [-0.15, -0.1) is 0 Å². The predicted octanol–water partition coefficient (Wildman–Crippen LogP) is 0.984. The zero-order chi connectivity index (χ0) is 10.1. The lowest BCUT2D eigenvalue weighted by atomic mass is 9.86. The molecule has 0 aromatic carbocycles. The van der Waals surface area contributed by atoms with E-state index in [2.05, 4.69) is 0 Å². The molecule has 4 nitrogen and oxygen atoms in total. The van der Waals surface area contributed by atoms with Crippen LogP contribution in [0.3, 0.4) is 0 Å². The van der Waals surface area contributed by atoms with Crippen molar-refractivity contribution in [3.8, 4) is 0 Å². The number of carbonyl (C=O) groups is 1. The van der Waals surface area contributed by atoms with E-state index in [4.69, 9.17) is 10.2 Å². The van der Waals surface area contributed by atoms with Gasteiger partial charge >= 0.3 is 5.97 Å². The molecule has 0 amide bonds. The first-order valence-corrected chi connectivity index (χ1v) is 3.96. The number of aliphatic carboxylic acids is 1. The van der Waals surface area contributed by atoms with Crippen molar-refractivity contribution in [1.82, 2.24) is 0 Å². The van der Waals surface area contributed by atoms with E-state index in [-0.39, 0.29) is 18.6 Å². The van der Waals surface area contributed by atoms with Crippen LogP contribution in [0.2, 0.25) is 0 Å². The third-order valence-corrected chi connectivity index (χ3v) is 2.06. The number of allylic oxidation sites excluding steroid dienone is 1. The zero-order valence-corrected chi connectivity index (χ0v) is 7.32. The van der Waals surface area contributed by atoms with Gasteiger partial charge in [-0.3, -0.25) is 4.79 Å². The van der Waals surface area contributed by atoms with Crippen LogP contribution in [0.15, 0.2) is 23.5 Å². The smallest absolute Gasteiger partial charge is 0.307 e. The molecule has 0 spiro atoms. The molecule has 0 radical (unpaired) electrons. The van der Waals surface area contributed by atoms with Crippen molar-refractivity contribution in [1.29, 1.82) is 0 Å². The van der Waals surface area contributed by atoms with Crippen molar-refractivity contribution in [2.24, 2.45) is 0 Å². The van der Waals surface area contributed by atoms with E-state index in [0.29, 0.717) is 5.57 Å².